The maximum absolute atomic E-state index is 10.5. The van der Waals surface area contributed by atoms with E-state index in [-0.39, 0.29) is 11.8 Å². The molecule has 2 N–H and O–H groups in total. The number of aliphatic hydroxyl groups excluding tert-OH is 1. The van der Waals surface area contributed by atoms with Gasteiger partial charge in [0.2, 0.25) is 0 Å². The van der Waals surface area contributed by atoms with E-state index < -0.39 is 12.1 Å². The molecule has 0 unspecified atom stereocenters. The van der Waals surface area contributed by atoms with Crippen molar-refractivity contribution in [1.29, 1.82) is 0 Å². The molecular weight excluding hydrogens is 208 g/mol. The Hall–Kier alpha value is -1.36. The van der Waals surface area contributed by atoms with E-state index in [2.05, 4.69) is 5.10 Å². The highest BCUT2D eigenvalue weighted by Gasteiger charge is 2.22. The van der Waals surface area contributed by atoms with Crippen molar-refractivity contribution in [3.63, 3.8) is 0 Å². The summed E-state index contributed by atoms with van der Waals surface area (Å²) in [4.78, 5) is 10.5. The minimum absolute atomic E-state index is 0.112. The predicted octanol–water partition coefficient (Wildman–Crippen LogP) is 1.23. The third-order valence-electron chi connectivity index (χ3n) is 2.39. The maximum Gasteiger partial charge on any atom is 0.306 e. The molecule has 90 valence electrons. The number of nitrogens with zero attached hydrogens (tertiary/aromatic N) is 2. The van der Waals surface area contributed by atoms with Gasteiger partial charge in [-0.05, 0) is 6.07 Å². The van der Waals surface area contributed by atoms with Crippen LogP contribution in [0, 0.1) is 0 Å². The van der Waals surface area contributed by atoms with Crippen LogP contribution in [0.1, 0.15) is 44.7 Å². The first-order valence-electron chi connectivity index (χ1n) is 5.16. The zero-order chi connectivity index (χ0) is 12.5. The Morgan fingerprint density at radius 1 is 1.56 bits per heavy atom. The number of aliphatic carboxylic acids is 1. The Morgan fingerprint density at radius 3 is 2.50 bits per heavy atom. The number of aromatic nitrogens is 2. The molecule has 1 rings (SSSR count). The topological polar surface area (TPSA) is 75.3 Å². The van der Waals surface area contributed by atoms with Gasteiger partial charge in [0.25, 0.3) is 0 Å². The molecule has 5 heteroatoms. The van der Waals surface area contributed by atoms with Crippen molar-refractivity contribution in [2.75, 3.05) is 0 Å². The standard InChI is InChI=1S/C11H18N2O3/c1-11(2,3)9-5-7(13(4)12-9)8(14)6-10(15)16/h5,8,14H,6H2,1-4H3,(H,15,16)/t8-/m0/s1. The van der Waals surface area contributed by atoms with Crippen molar-refractivity contribution in [3.8, 4) is 0 Å². The summed E-state index contributed by atoms with van der Waals surface area (Å²) in [6.07, 6.45) is -1.31. The van der Waals surface area contributed by atoms with Crippen molar-refractivity contribution in [2.24, 2.45) is 7.05 Å². The Bertz CT molecular complexity index is 390. The van der Waals surface area contributed by atoms with Crippen LogP contribution in [0.2, 0.25) is 0 Å². The van der Waals surface area contributed by atoms with Gasteiger partial charge < -0.3 is 10.2 Å². The van der Waals surface area contributed by atoms with Gasteiger partial charge >= 0.3 is 5.97 Å². The van der Waals surface area contributed by atoms with Gasteiger partial charge in [-0.3, -0.25) is 9.48 Å². The molecule has 1 atom stereocenters. The van der Waals surface area contributed by atoms with Crippen LogP contribution in [0.15, 0.2) is 6.07 Å². The molecule has 1 aromatic rings. The molecule has 0 radical (unpaired) electrons. The average Bonchev–Trinajstić information content (AvgIpc) is 2.44. The molecule has 0 saturated heterocycles. The molecular formula is C11H18N2O3. The van der Waals surface area contributed by atoms with E-state index in [0.29, 0.717) is 5.69 Å². The van der Waals surface area contributed by atoms with Gasteiger partial charge in [-0.15, -0.1) is 0 Å². The second kappa shape index (κ2) is 4.25. The van der Waals surface area contributed by atoms with Crippen LogP contribution in [0.25, 0.3) is 0 Å². The van der Waals surface area contributed by atoms with Gasteiger partial charge in [0, 0.05) is 12.5 Å². The van der Waals surface area contributed by atoms with E-state index in [9.17, 15) is 9.90 Å². The van der Waals surface area contributed by atoms with Crippen LogP contribution in [0.3, 0.4) is 0 Å². The van der Waals surface area contributed by atoms with Gasteiger partial charge in [0.15, 0.2) is 0 Å². The maximum atomic E-state index is 10.5. The number of carboxylic acid groups (broad SMARTS) is 1. The normalized spacial score (nSPS) is 13.8. The SMILES string of the molecule is Cn1nc(C(C)(C)C)cc1[C@@H](O)CC(=O)O. The van der Waals surface area contributed by atoms with Crippen LogP contribution >= 0.6 is 0 Å². The molecule has 0 saturated carbocycles. The van der Waals surface area contributed by atoms with Gasteiger partial charge in [-0.25, -0.2) is 0 Å². The second-order valence-electron chi connectivity index (χ2n) is 4.94. The molecule has 0 aliphatic heterocycles. The largest absolute Gasteiger partial charge is 0.481 e. The van der Waals surface area contributed by atoms with Crippen molar-refractivity contribution in [1.82, 2.24) is 9.78 Å². The Balaban J connectivity index is 2.98. The molecule has 1 heterocycles. The number of aliphatic hydroxyl groups is 1. The lowest BCUT2D eigenvalue weighted by molar-refractivity contribution is -0.139. The fourth-order valence-electron chi connectivity index (χ4n) is 1.43. The summed E-state index contributed by atoms with van der Waals surface area (Å²) in [6.45, 7) is 6.05. The molecule has 16 heavy (non-hydrogen) atoms. The first-order valence-corrected chi connectivity index (χ1v) is 5.16. The number of carbonyl (C=O) groups is 1. The molecule has 0 amide bonds. The smallest absolute Gasteiger partial charge is 0.306 e. The van der Waals surface area contributed by atoms with E-state index in [0.717, 1.165) is 5.69 Å². The highest BCUT2D eigenvalue weighted by atomic mass is 16.4. The zero-order valence-corrected chi connectivity index (χ0v) is 10.1. The minimum Gasteiger partial charge on any atom is -0.481 e. The first-order chi connectivity index (χ1) is 7.21. The van der Waals surface area contributed by atoms with Gasteiger partial charge in [-0.2, -0.15) is 5.10 Å². The first kappa shape index (κ1) is 12.7. The average molecular weight is 226 g/mol. The fourth-order valence-corrected chi connectivity index (χ4v) is 1.43. The number of carboxylic acids is 1. The molecule has 0 aromatic carbocycles. The summed E-state index contributed by atoms with van der Waals surface area (Å²) in [5.41, 5.74) is 1.26. The summed E-state index contributed by atoms with van der Waals surface area (Å²) in [5, 5.41) is 22.6. The van der Waals surface area contributed by atoms with E-state index in [1.54, 1.807) is 13.1 Å². The predicted molar refractivity (Wildman–Crippen MR) is 59.1 cm³/mol. The number of hydrogen-bond acceptors (Lipinski definition) is 3. The van der Waals surface area contributed by atoms with Gasteiger partial charge in [0.1, 0.15) is 6.10 Å². The monoisotopic (exact) mass is 226 g/mol. The number of aryl methyl sites for hydroxylation is 1. The third-order valence-corrected chi connectivity index (χ3v) is 2.39. The van der Waals surface area contributed by atoms with E-state index in [4.69, 9.17) is 5.11 Å². The Morgan fingerprint density at radius 2 is 2.12 bits per heavy atom. The molecule has 0 spiro atoms. The van der Waals surface area contributed by atoms with Crippen LogP contribution in [0.5, 0.6) is 0 Å². The van der Waals surface area contributed by atoms with Crippen LogP contribution in [0.4, 0.5) is 0 Å². The quantitative estimate of drug-likeness (QED) is 0.812. The minimum atomic E-state index is -1.02. The Kier molecular flexibility index (Phi) is 3.38. The van der Waals surface area contributed by atoms with Crippen molar-refractivity contribution >= 4 is 5.97 Å². The number of rotatable bonds is 3. The van der Waals surface area contributed by atoms with Crippen molar-refractivity contribution in [2.45, 2.75) is 38.7 Å². The van der Waals surface area contributed by atoms with E-state index in [1.807, 2.05) is 20.8 Å². The van der Waals surface area contributed by atoms with Crippen molar-refractivity contribution < 1.29 is 15.0 Å². The van der Waals surface area contributed by atoms with Crippen molar-refractivity contribution in [3.05, 3.63) is 17.5 Å². The van der Waals surface area contributed by atoms with Crippen LogP contribution < -0.4 is 0 Å². The van der Waals surface area contributed by atoms with E-state index >= 15 is 0 Å². The van der Waals surface area contributed by atoms with E-state index in [1.165, 1.54) is 4.68 Å². The highest BCUT2D eigenvalue weighted by molar-refractivity contribution is 5.67. The summed E-state index contributed by atoms with van der Waals surface area (Å²) in [5.74, 6) is -1.02. The van der Waals surface area contributed by atoms with Gasteiger partial charge in [-0.1, -0.05) is 20.8 Å². The lowest BCUT2D eigenvalue weighted by atomic mass is 9.92. The lowest BCUT2D eigenvalue weighted by Crippen LogP contribution is -2.12. The van der Waals surface area contributed by atoms with Crippen LogP contribution in [-0.4, -0.2) is 26.0 Å². The van der Waals surface area contributed by atoms with Gasteiger partial charge in [0.05, 0.1) is 17.8 Å². The zero-order valence-electron chi connectivity index (χ0n) is 10.1. The molecule has 0 aliphatic carbocycles. The lowest BCUT2D eigenvalue weighted by Gasteiger charge is -2.13. The molecule has 0 aliphatic rings. The summed E-state index contributed by atoms with van der Waals surface area (Å²) < 4.78 is 1.54. The molecule has 0 fully saturated rings. The summed E-state index contributed by atoms with van der Waals surface area (Å²) >= 11 is 0. The Labute approximate surface area is 94.7 Å². The molecule has 0 bridgehead atoms. The fraction of sp³-hybridized carbons (Fsp3) is 0.636. The molecule has 1 aromatic heterocycles. The second-order valence-corrected chi connectivity index (χ2v) is 4.94. The molecule has 5 nitrogen and oxygen atoms in total. The summed E-state index contributed by atoms with van der Waals surface area (Å²) in [6, 6.07) is 1.76. The van der Waals surface area contributed by atoms with Crippen LogP contribution in [-0.2, 0) is 17.3 Å². The number of hydrogen-bond donors (Lipinski definition) is 2. The summed E-state index contributed by atoms with van der Waals surface area (Å²) in [7, 11) is 1.70. The highest BCUT2D eigenvalue weighted by Crippen LogP contribution is 2.25. The third kappa shape index (κ3) is 2.82.